The number of anilines is 1. The van der Waals surface area contributed by atoms with Crippen LogP contribution in [0.15, 0.2) is 36.7 Å². The first-order valence-corrected chi connectivity index (χ1v) is 5.59. The number of hydrogen-bond donors (Lipinski definition) is 1. The quantitative estimate of drug-likeness (QED) is 0.805. The van der Waals surface area contributed by atoms with Crippen LogP contribution in [-0.4, -0.2) is 11.5 Å². The van der Waals surface area contributed by atoms with E-state index in [-0.39, 0.29) is 0 Å². The average molecular weight is 221 g/mol. The van der Waals surface area contributed by atoms with Crippen LogP contribution in [0.5, 0.6) is 0 Å². The second-order valence-corrected chi connectivity index (χ2v) is 4.12. The zero-order valence-electron chi connectivity index (χ0n) is 9.27. The molecule has 17 heavy (non-hydrogen) atoms. The van der Waals surface area contributed by atoms with Crippen molar-refractivity contribution in [1.29, 1.82) is 5.26 Å². The molecule has 0 aliphatic carbocycles. The van der Waals surface area contributed by atoms with E-state index >= 15 is 0 Å². The molecule has 0 fully saturated rings. The minimum Gasteiger partial charge on any atom is -0.384 e. The Kier molecular flexibility index (Phi) is 2.27. The molecule has 0 unspecified atom stereocenters. The van der Waals surface area contributed by atoms with Crippen LogP contribution in [-0.2, 0) is 6.42 Å². The molecule has 3 nitrogen and oxygen atoms in total. The third-order valence-electron chi connectivity index (χ3n) is 3.02. The summed E-state index contributed by atoms with van der Waals surface area (Å²) in [4.78, 5) is 4.08. The van der Waals surface area contributed by atoms with Crippen molar-refractivity contribution in [2.45, 2.75) is 6.42 Å². The van der Waals surface area contributed by atoms with Crippen LogP contribution in [0, 0.1) is 11.3 Å². The number of fused-ring (bicyclic) bond motifs is 1. The second kappa shape index (κ2) is 3.91. The Hall–Kier alpha value is -2.34. The number of benzene rings is 1. The number of nitrogens with zero attached hydrogens (tertiary/aromatic N) is 2. The highest BCUT2D eigenvalue weighted by Gasteiger charge is 2.10. The van der Waals surface area contributed by atoms with Gasteiger partial charge in [0.05, 0.1) is 5.56 Å². The molecule has 0 amide bonds. The van der Waals surface area contributed by atoms with Crippen LogP contribution in [0.3, 0.4) is 0 Å². The summed E-state index contributed by atoms with van der Waals surface area (Å²) in [7, 11) is 0. The maximum absolute atomic E-state index is 8.86. The van der Waals surface area contributed by atoms with E-state index in [9.17, 15) is 0 Å². The second-order valence-electron chi connectivity index (χ2n) is 4.12. The molecule has 2 heterocycles. The lowest BCUT2D eigenvalue weighted by molar-refractivity contribution is 1.11. The Morgan fingerprint density at radius 1 is 1.18 bits per heavy atom. The maximum Gasteiger partial charge on any atom is 0.101 e. The number of hydrogen-bond acceptors (Lipinski definition) is 3. The molecular weight excluding hydrogens is 210 g/mol. The summed E-state index contributed by atoms with van der Waals surface area (Å²) in [5.74, 6) is 0. The molecule has 1 aromatic heterocycles. The van der Waals surface area contributed by atoms with Gasteiger partial charge in [-0.25, -0.2) is 0 Å². The molecule has 0 spiro atoms. The van der Waals surface area contributed by atoms with Crippen LogP contribution in [0.1, 0.15) is 11.1 Å². The van der Waals surface area contributed by atoms with Gasteiger partial charge in [-0.3, -0.25) is 4.98 Å². The highest BCUT2D eigenvalue weighted by atomic mass is 14.9. The maximum atomic E-state index is 8.86. The summed E-state index contributed by atoms with van der Waals surface area (Å²) in [6, 6.07) is 10.3. The molecule has 82 valence electrons. The van der Waals surface area contributed by atoms with Crippen LogP contribution < -0.4 is 5.32 Å². The summed E-state index contributed by atoms with van der Waals surface area (Å²) < 4.78 is 0. The van der Waals surface area contributed by atoms with Crippen molar-refractivity contribution in [3.05, 3.63) is 47.8 Å². The van der Waals surface area contributed by atoms with Crippen LogP contribution in [0.25, 0.3) is 11.1 Å². The summed E-state index contributed by atoms with van der Waals surface area (Å²) in [5, 5.41) is 12.2. The Morgan fingerprint density at radius 2 is 2.12 bits per heavy atom. The van der Waals surface area contributed by atoms with Crippen molar-refractivity contribution in [2.75, 3.05) is 11.9 Å². The largest absolute Gasteiger partial charge is 0.384 e. The van der Waals surface area contributed by atoms with Crippen molar-refractivity contribution in [2.24, 2.45) is 0 Å². The van der Waals surface area contributed by atoms with Crippen molar-refractivity contribution in [1.82, 2.24) is 4.98 Å². The summed E-state index contributed by atoms with van der Waals surface area (Å²) in [5.41, 5.74) is 5.24. The summed E-state index contributed by atoms with van der Waals surface area (Å²) in [6.45, 7) is 1.01. The van der Waals surface area contributed by atoms with Gasteiger partial charge in [-0.1, -0.05) is 12.1 Å². The van der Waals surface area contributed by atoms with Gasteiger partial charge in [0.1, 0.15) is 6.07 Å². The van der Waals surface area contributed by atoms with Gasteiger partial charge in [0, 0.05) is 30.2 Å². The molecule has 1 N–H and O–H groups in total. The predicted molar refractivity (Wildman–Crippen MR) is 66.6 cm³/mol. The first-order valence-electron chi connectivity index (χ1n) is 5.59. The van der Waals surface area contributed by atoms with Crippen molar-refractivity contribution in [3.8, 4) is 17.2 Å². The van der Waals surface area contributed by atoms with E-state index in [0.717, 1.165) is 24.1 Å². The van der Waals surface area contributed by atoms with E-state index in [0.29, 0.717) is 5.56 Å². The minimum absolute atomic E-state index is 0.593. The van der Waals surface area contributed by atoms with Gasteiger partial charge >= 0.3 is 0 Å². The highest BCUT2D eigenvalue weighted by Crippen LogP contribution is 2.28. The minimum atomic E-state index is 0.593. The Labute approximate surface area is 99.7 Å². The normalized spacial score (nSPS) is 12.6. The molecule has 1 aliphatic rings. The summed E-state index contributed by atoms with van der Waals surface area (Å²) >= 11 is 0. The monoisotopic (exact) mass is 221 g/mol. The first kappa shape index (κ1) is 9.86. The van der Waals surface area contributed by atoms with Gasteiger partial charge in [0.15, 0.2) is 0 Å². The Balaban J connectivity index is 2.07. The lowest BCUT2D eigenvalue weighted by Gasteiger charge is -2.05. The molecule has 0 bridgehead atoms. The molecule has 3 rings (SSSR count). The smallest absolute Gasteiger partial charge is 0.101 e. The van der Waals surface area contributed by atoms with Crippen molar-refractivity contribution < 1.29 is 0 Å². The number of rotatable bonds is 1. The highest BCUT2D eigenvalue weighted by molar-refractivity contribution is 5.71. The molecule has 1 aromatic carbocycles. The standard InChI is InChI=1S/C14H11N3/c15-7-10-5-13(9-16-8-10)12-2-1-11-3-4-17-14(11)6-12/h1-2,5-6,8-9,17H,3-4H2. The topological polar surface area (TPSA) is 48.7 Å². The number of aromatic nitrogens is 1. The van der Waals surface area contributed by atoms with E-state index < -0.39 is 0 Å². The van der Waals surface area contributed by atoms with Gasteiger partial charge in [0.2, 0.25) is 0 Å². The van der Waals surface area contributed by atoms with Gasteiger partial charge in [-0.05, 0) is 29.7 Å². The lowest BCUT2D eigenvalue weighted by Crippen LogP contribution is -1.91. The number of pyridine rings is 1. The third-order valence-corrected chi connectivity index (χ3v) is 3.02. The first-order chi connectivity index (χ1) is 8.36. The van der Waals surface area contributed by atoms with Crippen molar-refractivity contribution in [3.63, 3.8) is 0 Å². The third kappa shape index (κ3) is 1.74. The molecule has 0 saturated heterocycles. The Bertz CT molecular complexity index is 611. The fraction of sp³-hybridized carbons (Fsp3) is 0.143. The average Bonchev–Trinajstić information content (AvgIpc) is 2.86. The van der Waals surface area contributed by atoms with Gasteiger partial charge in [-0.15, -0.1) is 0 Å². The summed E-state index contributed by atoms with van der Waals surface area (Å²) in [6.07, 6.45) is 4.46. The Morgan fingerprint density at radius 3 is 3.00 bits per heavy atom. The molecule has 3 heteroatoms. The van der Waals surface area contributed by atoms with E-state index in [1.54, 1.807) is 12.4 Å². The number of nitrogens with one attached hydrogen (secondary N) is 1. The van der Waals surface area contributed by atoms with Gasteiger partial charge in [0.25, 0.3) is 0 Å². The van der Waals surface area contributed by atoms with Gasteiger partial charge < -0.3 is 5.32 Å². The molecular formula is C14H11N3. The lowest BCUT2D eigenvalue weighted by atomic mass is 10.0. The zero-order chi connectivity index (χ0) is 11.7. The van der Waals surface area contributed by atoms with E-state index in [1.807, 2.05) is 6.07 Å². The SMILES string of the molecule is N#Cc1cncc(-c2ccc3c(c2)NCC3)c1. The van der Waals surface area contributed by atoms with Crippen molar-refractivity contribution >= 4 is 5.69 Å². The van der Waals surface area contributed by atoms with E-state index in [2.05, 4.69) is 34.6 Å². The molecule has 0 saturated carbocycles. The number of nitriles is 1. The predicted octanol–water partition coefficient (Wildman–Crippen LogP) is 2.59. The van der Waals surface area contributed by atoms with Crippen LogP contribution in [0.4, 0.5) is 5.69 Å². The van der Waals surface area contributed by atoms with Gasteiger partial charge in [-0.2, -0.15) is 5.26 Å². The van der Waals surface area contributed by atoms with E-state index in [1.165, 1.54) is 11.3 Å². The fourth-order valence-corrected chi connectivity index (χ4v) is 2.13. The molecule has 0 atom stereocenters. The van der Waals surface area contributed by atoms with Crippen LogP contribution >= 0.6 is 0 Å². The zero-order valence-corrected chi connectivity index (χ0v) is 9.27. The molecule has 0 radical (unpaired) electrons. The fourth-order valence-electron chi connectivity index (χ4n) is 2.13. The van der Waals surface area contributed by atoms with Crippen LogP contribution in [0.2, 0.25) is 0 Å². The van der Waals surface area contributed by atoms with E-state index in [4.69, 9.17) is 5.26 Å². The molecule has 1 aliphatic heterocycles. The molecule has 2 aromatic rings.